The van der Waals surface area contributed by atoms with Gasteiger partial charge < -0.3 is 21.5 Å². The van der Waals surface area contributed by atoms with Crippen LogP contribution in [0.3, 0.4) is 0 Å². The average Bonchev–Trinajstić information content (AvgIpc) is 2.58. The van der Waals surface area contributed by atoms with Crippen molar-refractivity contribution in [3.8, 4) is 0 Å². The SMILES string of the molecule is CCCCNC(=O)[C@@H](CC(C)C)NC[C@@H](O)[C@@H](N)Cc1ccccc1. The second-order valence-electron chi connectivity index (χ2n) is 7.16. The minimum atomic E-state index is -0.696. The molecule has 1 amide bonds. The number of unbranched alkanes of at least 4 members (excludes halogenated alkanes) is 1. The predicted molar refractivity (Wildman–Crippen MR) is 103 cm³/mol. The summed E-state index contributed by atoms with van der Waals surface area (Å²) in [4.78, 5) is 12.3. The molecular weight excluding hydrogens is 314 g/mol. The van der Waals surface area contributed by atoms with Crippen LogP contribution in [-0.2, 0) is 11.2 Å². The van der Waals surface area contributed by atoms with Crippen LogP contribution < -0.4 is 16.4 Å². The van der Waals surface area contributed by atoms with Gasteiger partial charge in [-0.15, -0.1) is 0 Å². The van der Waals surface area contributed by atoms with E-state index in [4.69, 9.17) is 5.73 Å². The summed E-state index contributed by atoms with van der Waals surface area (Å²) in [6, 6.07) is 9.23. The topological polar surface area (TPSA) is 87.4 Å². The number of aliphatic hydroxyl groups excluding tert-OH is 1. The first kappa shape index (κ1) is 21.6. The van der Waals surface area contributed by atoms with E-state index >= 15 is 0 Å². The summed E-state index contributed by atoms with van der Waals surface area (Å²) in [5.74, 6) is 0.399. The van der Waals surface area contributed by atoms with Crippen molar-refractivity contribution in [3.05, 3.63) is 35.9 Å². The highest BCUT2D eigenvalue weighted by atomic mass is 16.3. The van der Waals surface area contributed by atoms with Crippen molar-refractivity contribution in [1.29, 1.82) is 0 Å². The smallest absolute Gasteiger partial charge is 0.237 e. The fourth-order valence-corrected chi connectivity index (χ4v) is 2.70. The van der Waals surface area contributed by atoms with Gasteiger partial charge >= 0.3 is 0 Å². The molecule has 0 fully saturated rings. The summed E-state index contributed by atoms with van der Waals surface area (Å²) in [6.45, 7) is 7.28. The van der Waals surface area contributed by atoms with Gasteiger partial charge in [0.05, 0.1) is 12.1 Å². The summed E-state index contributed by atoms with van der Waals surface area (Å²) in [7, 11) is 0. The van der Waals surface area contributed by atoms with E-state index in [1.54, 1.807) is 0 Å². The first-order chi connectivity index (χ1) is 11.9. The molecule has 0 spiro atoms. The number of aliphatic hydroxyl groups is 1. The van der Waals surface area contributed by atoms with Crippen molar-refractivity contribution in [3.63, 3.8) is 0 Å². The van der Waals surface area contributed by atoms with Gasteiger partial charge in [0.15, 0.2) is 0 Å². The molecule has 0 unspecified atom stereocenters. The largest absolute Gasteiger partial charge is 0.390 e. The molecule has 0 aromatic heterocycles. The standard InChI is InChI=1S/C20H35N3O2/c1-4-5-11-22-20(25)18(12-15(2)3)23-14-19(24)17(21)13-16-9-7-6-8-10-16/h6-10,15,17-19,23-24H,4-5,11-14,21H2,1-3H3,(H,22,25)/t17-,18+,19+/m0/s1. The highest BCUT2D eigenvalue weighted by molar-refractivity contribution is 5.81. The van der Waals surface area contributed by atoms with E-state index in [1.807, 2.05) is 30.3 Å². The van der Waals surface area contributed by atoms with Crippen LogP contribution in [0, 0.1) is 5.92 Å². The van der Waals surface area contributed by atoms with Crippen molar-refractivity contribution in [2.75, 3.05) is 13.1 Å². The molecule has 0 aliphatic heterocycles. The maximum absolute atomic E-state index is 12.3. The van der Waals surface area contributed by atoms with Crippen LogP contribution in [0.25, 0.3) is 0 Å². The predicted octanol–water partition coefficient (Wildman–Crippen LogP) is 1.84. The molecule has 5 N–H and O–H groups in total. The molecule has 0 heterocycles. The lowest BCUT2D eigenvalue weighted by molar-refractivity contribution is -0.123. The van der Waals surface area contributed by atoms with Crippen LogP contribution in [0.1, 0.15) is 45.6 Å². The Kier molecular flexibility index (Phi) is 10.4. The van der Waals surface area contributed by atoms with Gasteiger partial charge in [-0.3, -0.25) is 4.79 Å². The maximum Gasteiger partial charge on any atom is 0.237 e. The van der Waals surface area contributed by atoms with Gasteiger partial charge in [0.2, 0.25) is 5.91 Å². The normalized spacial score (nSPS) is 15.0. The number of nitrogens with two attached hydrogens (primary N) is 1. The number of nitrogens with one attached hydrogen (secondary N) is 2. The maximum atomic E-state index is 12.3. The van der Waals surface area contributed by atoms with Gasteiger partial charge in [-0.1, -0.05) is 57.5 Å². The Labute approximate surface area is 152 Å². The van der Waals surface area contributed by atoms with Crippen LogP contribution in [0.2, 0.25) is 0 Å². The van der Waals surface area contributed by atoms with Crippen molar-refractivity contribution >= 4 is 5.91 Å². The van der Waals surface area contributed by atoms with Crippen molar-refractivity contribution < 1.29 is 9.90 Å². The Morgan fingerprint density at radius 3 is 2.52 bits per heavy atom. The molecule has 142 valence electrons. The lowest BCUT2D eigenvalue weighted by Gasteiger charge is -2.24. The second kappa shape index (κ2) is 12.0. The van der Waals surface area contributed by atoms with Gasteiger partial charge in [-0.25, -0.2) is 0 Å². The quantitative estimate of drug-likeness (QED) is 0.434. The van der Waals surface area contributed by atoms with E-state index in [-0.39, 0.29) is 18.0 Å². The molecule has 0 saturated carbocycles. The Hall–Kier alpha value is -1.43. The number of carbonyl (C=O) groups is 1. The first-order valence-corrected chi connectivity index (χ1v) is 9.42. The molecule has 0 bridgehead atoms. The average molecular weight is 350 g/mol. The van der Waals surface area contributed by atoms with E-state index in [9.17, 15) is 9.90 Å². The fourth-order valence-electron chi connectivity index (χ4n) is 2.70. The van der Waals surface area contributed by atoms with Crippen molar-refractivity contribution in [1.82, 2.24) is 10.6 Å². The number of rotatable bonds is 12. The van der Waals surface area contributed by atoms with Crippen molar-refractivity contribution in [2.24, 2.45) is 11.7 Å². The third-order valence-corrected chi connectivity index (χ3v) is 4.24. The number of carbonyl (C=O) groups excluding carboxylic acids is 1. The van der Waals surface area contributed by atoms with E-state index in [1.165, 1.54) is 0 Å². The van der Waals surface area contributed by atoms with E-state index in [2.05, 4.69) is 31.4 Å². The summed E-state index contributed by atoms with van der Waals surface area (Å²) in [6.07, 6.45) is 2.68. The molecule has 5 nitrogen and oxygen atoms in total. The Morgan fingerprint density at radius 2 is 1.92 bits per heavy atom. The van der Waals surface area contributed by atoms with Crippen LogP contribution in [0.5, 0.6) is 0 Å². The van der Waals surface area contributed by atoms with Gasteiger partial charge in [0, 0.05) is 19.1 Å². The first-order valence-electron chi connectivity index (χ1n) is 9.42. The molecule has 1 aromatic rings. The Bertz CT molecular complexity index is 479. The van der Waals surface area contributed by atoms with Crippen LogP contribution in [0.4, 0.5) is 0 Å². The zero-order valence-corrected chi connectivity index (χ0v) is 15.9. The van der Waals surface area contributed by atoms with E-state index in [0.29, 0.717) is 25.4 Å². The molecule has 0 saturated heterocycles. The highest BCUT2D eigenvalue weighted by Crippen LogP contribution is 2.07. The van der Waals surface area contributed by atoms with E-state index in [0.717, 1.165) is 24.8 Å². The second-order valence-corrected chi connectivity index (χ2v) is 7.16. The lowest BCUT2D eigenvalue weighted by atomic mass is 10.00. The van der Waals surface area contributed by atoms with Gasteiger partial charge in [0.25, 0.3) is 0 Å². The Morgan fingerprint density at radius 1 is 1.24 bits per heavy atom. The molecule has 0 radical (unpaired) electrons. The van der Waals surface area contributed by atoms with Gasteiger partial charge in [-0.2, -0.15) is 0 Å². The number of hydrogen-bond donors (Lipinski definition) is 4. The van der Waals surface area contributed by atoms with Crippen LogP contribution in [-0.4, -0.2) is 42.3 Å². The molecule has 3 atom stereocenters. The lowest BCUT2D eigenvalue weighted by Crippen LogP contribution is -2.50. The summed E-state index contributed by atoms with van der Waals surface area (Å²) >= 11 is 0. The third-order valence-electron chi connectivity index (χ3n) is 4.24. The summed E-state index contributed by atoms with van der Waals surface area (Å²) < 4.78 is 0. The fraction of sp³-hybridized carbons (Fsp3) is 0.650. The van der Waals surface area contributed by atoms with Crippen LogP contribution in [0.15, 0.2) is 30.3 Å². The minimum Gasteiger partial charge on any atom is -0.390 e. The minimum absolute atomic E-state index is 0.00554. The monoisotopic (exact) mass is 349 g/mol. The Balaban J connectivity index is 2.48. The molecular formula is C20H35N3O2. The molecule has 1 rings (SSSR count). The summed E-state index contributed by atoms with van der Waals surface area (Å²) in [5, 5.41) is 16.5. The van der Waals surface area contributed by atoms with E-state index < -0.39 is 6.10 Å². The molecule has 5 heteroatoms. The molecule has 0 aliphatic rings. The zero-order chi connectivity index (χ0) is 18.7. The molecule has 1 aromatic carbocycles. The molecule has 25 heavy (non-hydrogen) atoms. The highest BCUT2D eigenvalue weighted by Gasteiger charge is 2.22. The molecule has 0 aliphatic carbocycles. The number of benzene rings is 1. The van der Waals surface area contributed by atoms with Crippen molar-refractivity contribution in [2.45, 2.75) is 64.6 Å². The number of amides is 1. The zero-order valence-electron chi connectivity index (χ0n) is 15.9. The van der Waals surface area contributed by atoms with Crippen LogP contribution >= 0.6 is 0 Å². The summed E-state index contributed by atoms with van der Waals surface area (Å²) in [5.41, 5.74) is 7.22. The number of hydrogen-bond acceptors (Lipinski definition) is 4. The van der Waals surface area contributed by atoms with Gasteiger partial charge in [-0.05, 0) is 30.7 Å². The third kappa shape index (κ3) is 9.00. The van der Waals surface area contributed by atoms with Gasteiger partial charge in [0.1, 0.15) is 0 Å².